The molecule has 0 aliphatic rings. The first-order valence-electron chi connectivity index (χ1n) is 11.2. The average molecular weight is 506 g/mol. The van der Waals surface area contributed by atoms with Gasteiger partial charge in [-0.3, -0.25) is 19.2 Å². The predicted octanol–water partition coefficient (Wildman–Crippen LogP) is 2.44. The van der Waals surface area contributed by atoms with Crippen LogP contribution in [0.3, 0.4) is 0 Å². The minimum absolute atomic E-state index is 0.00631. The van der Waals surface area contributed by atoms with Crippen molar-refractivity contribution in [2.75, 3.05) is 0 Å². The van der Waals surface area contributed by atoms with E-state index in [1.807, 2.05) is 0 Å². The molecule has 6 aromatic rings. The van der Waals surface area contributed by atoms with Gasteiger partial charge in [-0.1, -0.05) is 0 Å². The first kappa shape index (κ1) is 22.8. The second-order valence-corrected chi connectivity index (χ2v) is 8.74. The van der Waals surface area contributed by atoms with Crippen LogP contribution in [0, 0.1) is 0 Å². The fourth-order valence-electron chi connectivity index (χ4n) is 4.70. The fourth-order valence-corrected chi connectivity index (χ4v) is 4.70. The molecule has 0 aliphatic carbocycles. The zero-order valence-corrected chi connectivity index (χ0v) is 19.2. The molecule has 0 aliphatic heterocycles. The highest BCUT2D eigenvalue weighted by atomic mass is 16.4. The number of aromatic nitrogens is 2. The Morgan fingerprint density at radius 2 is 0.737 bits per heavy atom. The van der Waals surface area contributed by atoms with Crippen LogP contribution < -0.4 is 22.2 Å². The molecule has 2 N–H and O–H groups in total. The Labute approximate surface area is 210 Å². The quantitative estimate of drug-likeness (QED) is 0.370. The molecule has 0 spiro atoms. The molecule has 38 heavy (non-hydrogen) atoms. The van der Waals surface area contributed by atoms with Crippen molar-refractivity contribution in [3.63, 3.8) is 0 Å². The molecule has 0 atom stereocenters. The van der Waals surface area contributed by atoms with Crippen LogP contribution in [0.2, 0.25) is 0 Å². The number of hydrogen-bond donors (Lipinski definition) is 2. The molecule has 0 radical (unpaired) electrons. The van der Waals surface area contributed by atoms with E-state index in [9.17, 15) is 28.8 Å². The average Bonchev–Trinajstić information content (AvgIpc) is 3.29. The van der Waals surface area contributed by atoms with Crippen LogP contribution in [0.1, 0.15) is 20.7 Å². The number of carboxylic acid groups (broad SMARTS) is 2. The minimum atomic E-state index is -1.14. The monoisotopic (exact) mass is 506 g/mol. The van der Waals surface area contributed by atoms with E-state index >= 15 is 0 Å². The van der Waals surface area contributed by atoms with Crippen molar-refractivity contribution in [3.05, 3.63) is 125 Å². The summed E-state index contributed by atoms with van der Waals surface area (Å²) in [5, 5.41) is 19.6. The maximum atomic E-state index is 13.2. The lowest BCUT2D eigenvalue weighted by atomic mass is 10.0. The highest BCUT2D eigenvalue weighted by molar-refractivity contribution is 6.04. The maximum Gasteiger partial charge on any atom is 0.335 e. The van der Waals surface area contributed by atoms with Crippen LogP contribution >= 0.6 is 0 Å². The van der Waals surface area contributed by atoms with Gasteiger partial charge in [-0.15, -0.1) is 0 Å². The SMILES string of the molecule is O=C(O)c1ccc(-n2c(=O)c3cc4cc5c(=O)n(-c6ccc(C(=O)O)cc6)c(=O)c5cc4cc3c2=O)cc1. The van der Waals surface area contributed by atoms with Crippen LogP contribution in [0.25, 0.3) is 43.7 Å². The van der Waals surface area contributed by atoms with Crippen molar-refractivity contribution in [3.8, 4) is 11.4 Å². The number of carbonyl (C=O) groups is 2. The Morgan fingerprint density at radius 1 is 0.474 bits per heavy atom. The molecular weight excluding hydrogens is 492 g/mol. The third-order valence-corrected chi connectivity index (χ3v) is 6.59. The summed E-state index contributed by atoms with van der Waals surface area (Å²) < 4.78 is 1.89. The third-order valence-electron chi connectivity index (χ3n) is 6.59. The third kappa shape index (κ3) is 3.21. The molecule has 2 heterocycles. The lowest BCUT2D eigenvalue weighted by Gasteiger charge is -2.00. The van der Waals surface area contributed by atoms with E-state index in [4.69, 9.17) is 10.2 Å². The summed E-state index contributed by atoms with van der Waals surface area (Å²) in [6.45, 7) is 0. The molecule has 2 aromatic heterocycles. The first-order valence-corrected chi connectivity index (χ1v) is 11.2. The first-order chi connectivity index (χ1) is 18.2. The number of hydrogen-bond acceptors (Lipinski definition) is 6. The molecule has 4 aromatic carbocycles. The summed E-state index contributed by atoms with van der Waals surface area (Å²) >= 11 is 0. The molecule has 0 saturated carbocycles. The molecule has 6 rings (SSSR count). The fraction of sp³-hybridized carbons (Fsp3) is 0. The van der Waals surface area contributed by atoms with Gasteiger partial charge in [0.05, 0.1) is 44.0 Å². The largest absolute Gasteiger partial charge is 0.478 e. The van der Waals surface area contributed by atoms with Crippen LogP contribution in [-0.4, -0.2) is 31.3 Å². The van der Waals surface area contributed by atoms with Crippen molar-refractivity contribution < 1.29 is 19.8 Å². The van der Waals surface area contributed by atoms with E-state index in [-0.39, 0.29) is 44.0 Å². The van der Waals surface area contributed by atoms with Crippen molar-refractivity contribution in [1.82, 2.24) is 9.13 Å². The zero-order valence-electron chi connectivity index (χ0n) is 19.2. The van der Waals surface area contributed by atoms with Gasteiger partial charge in [0.2, 0.25) is 0 Å². The van der Waals surface area contributed by atoms with Crippen LogP contribution in [0.5, 0.6) is 0 Å². The van der Waals surface area contributed by atoms with Crippen molar-refractivity contribution >= 4 is 44.3 Å². The normalized spacial score (nSPS) is 11.5. The van der Waals surface area contributed by atoms with Gasteiger partial charge < -0.3 is 10.2 Å². The summed E-state index contributed by atoms with van der Waals surface area (Å²) in [5.41, 5.74) is -1.96. The van der Waals surface area contributed by atoms with E-state index in [1.54, 1.807) is 0 Å². The van der Waals surface area contributed by atoms with Crippen molar-refractivity contribution in [2.24, 2.45) is 0 Å². The summed E-state index contributed by atoms with van der Waals surface area (Å²) in [7, 11) is 0. The molecule has 0 fully saturated rings. The van der Waals surface area contributed by atoms with E-state index in [1.165, 1.54) is 72.8 Å². The Hall–Kier alpha value is -5.64. The lowest BCUT2D eigenvalue weighted by molar-refractivity contribution is 0.0686. The second-order valence-electron chi connectivity index (χ2n) is 8.74. The summed E-state index contributed by atoms with van der Waals surface area (Å²) in [4.78, 5) is 74.9. The van der Waals surface area contributed by atoms with E-state index in [0.29, 0.717) is 10.8 Å². The molecule has 0 saturated heterocycles. The van der Waals surface area contributed by atoms with Crippen LogP contribution in [0.15, 0.2) is 92.0 Å². The minimum Gasteiger partial charge on any atom is -0.478 e. The van der Waals surface area contributed by atoms with Crippen molar-refractivity contribution in [1.29, 1.82) is 0 Å². The zero-order chi connectivity index (χ0) is 26.9. The van der Waals surface area contributed by atoms with Gasteiger partial charge in [0.15, 0.2) is 0 Å². The Kier molecular flexibility index (Phi) is 4.76. The molecular formula is C28H14N2O8. The Morgan fingerprint density at radius 3 is 0.974 bits per heavy atom. The van der Waals surface area contributed by atoms with Crippen LogP contribution in [-0.2, 0) is 0 Å². The standard InChI is InChI=1S/C28H14N2O8/c31-23-19-9-15-11-21-22(26(34)30(25(21)33)18-7-3-14(4-8-18)28(37)38)12-16(15)10-20(19)24(32)29(23)17-5-1-13(2-6-17)27(35)36/h1-12H,(H,35,36)(H,37,38). The molecule has 10 heteroatoms. The molecule has 0 bridgehead atoms. The van der Waals surface area contributed by atoms with Gasteiger partial charge in [0, 0.05) is 0 Å². The van der Waals surface area contributed by atoms with E-state index in [0.717, 1.165) is 9.13 Å². The molecule has 10 nitrogen and oxygen atoms in total. The Balaban J connectivity index is 1.56. The second kappa shape index (κ2) is 7.93. The van der Waals surface area contributed by atoms with Gasteiger partial charge in [-0.2, -0.15) is 0 Å². The van der Waals surface area contributed by atoms with Gasteiger partial charge in [0.25, 0.3) is 22.2 Å². The highest BCUT2D eigenvalue weighted by Crippen LogP contribution is 2.24. The maximum absolute atomic E-state index is 13.2. The number of aromatic carboxylic acids is 2. The van der Waals surface area contributed by atoms with E-state index < -0.39 is 34.2 Å². The van der Waals surface area contributed by atoms with Gasteiger partial charge in [-0.25, -0.2) is 18.7 Å². The molecule has 184 valence electrons. The molecule has 0 amide bonds. The predicted molar refractivity (Wildman–Crippen MR) is 139 cm³/mol. The molecule has 0 unspecified atom stereocenters. The topological polar surface area (TPSA) is 153 Å². The van der Waals surface area contributed by atoms with Crippen LogP contribution in [0.4, 0.5) is 0 Å². The van der Waals surface area contributed by atoms with Gasteiger partial charge >= 0.3 is 11.9 Å². The van der Waals surface area contributed by atoms with Crippen molar-refractivity contribution in [2.45, 2.75) is 0 Å². The highest BCUT2D eigenvalue weighted by Gasteiger charge is 2.19. The Bertz CT molecular complexity index is 1940. The summed E-state index contributed by atoms with van der Waals surface area (Å²) in [5.74, 6) is -2.28. The lowest BCUT2D eigenvalue weighted by Crippen LogP contribution is -2.23. The smallest absolute Gasteiger partial charge is 0.335 e. The van der Waals surface area contributed by atoms with Gasteiger partial charge in [-0.05, 0) is 83.6 Å². The van der Waals surface area contributed by atoms with Gasteiger partial charge in [0.1, 0.15) is 0 Å². The number of fused-ring (bicyclic) bond motifs is 3. The summed E-state index contributed by atoms with van der Waals surface area (Å²) in [6, 6.07) is 16.6. The number of carboxylic acids is 2. The summed E-state index contributed by atoms with van der Waals surface area (Å²) in [6.07, 6.45) is 0. The number of nitrogens with zero attached hydrogens (tertiary/aromatic N) is 2. The number of rotatable bonds is 4. The number of benzene rings is 4. The van der Waals surface area contributed by atoms with E-state index in [2.05, 4.69) is 0 Å².